The van der Waals surface area contributed by atoms with Crippen molar-refractivity contribution in [2.75, 3.05) is 19.1 Å². The van der Waals surface area contributed by atoms with Crippen molar-refractivity contribution in [3.63, 3.8) is 0 Å². The quantitative estimate of drug-likeness (QED) is 0.346. The molecule has 0 radical (unpaired) electrons. The van der Waals surface area contributed by atoms with Gasteiger partial charge in [-0.15, -0.1) is 0 Å². The Labute approximate surface area is 190 Å². The summed E-state index contributed by atoms with van der Waals surface area (Å²) in [6.07, 6.45) is 0. The molecular formula is C26H22FNO5. The summed E-state index contributed by atoms with van der Waals surface area (Å²) in [5.74, 6) is -1.71. The van der Waals surface area contributed by atoms with Crippen LogP contribution in [0, 0.1) is 12.7 Å². The normalized spacial score (nSPS) is 17.3. The van der Waals surface area contributed by atoms with Gasteiger partial charge in [-0.3, -0.25) is 14.5 Å². The molecule has 7 heteroatoms. The van der Waals surface area contributed by atoms with Crippen molar-refractivity contribution in [1.82, 2.24) is 0 Å². The van der Waals surface area contributed by atoms with E-state index in [0.717, 1.165) is 5.56 Å². The summed E-state index contributed by atoms with van der Waals surface area (Å²) in [7, 11) is 2.92. The zero-order valence-electron chi connectivity index (χ0n) is 18.3. The number of hydrogen-bond donors (Lipinski definition) is 1. The maximum Gasteiger partial charge on any atom is 0.300 e. The number of rotatable bonds is 5. The highest BCUT2D eigenvalue weighted by Crippen LogP contribution is 2.44. The van der Waals surface area contributed by atoms with Crippen LogP contribution >= 0.6 is 0 Å². The van der Waals surface area contributed by atoms with Crippen molar-refractivity contribution >= 4 is 23.1 Å². The average molecular weight is 447 g/mol. The molecule has 3 aromatic rings. The molecule has 0 saturated carbocycles. The van der Waals surface area contributed by atoms with Crippen molar-refractivity contribution in [1.29, 1.82) is 0 Å². The van der Waals surface area contributed by atoms with Crippen LogP contribution in [-0.2, 0) is 9.59 Å². The zero-order valence-corrected chi connectivity index (χ0v) is 18.3. The van der Waals surface area contributed by atoms with Crippen LogP contribution in [0.1, 0.15) is 22.7 Å². The summed E-state index contributed by atoms with van der Waals surface area (Å²) in [4.78, 5) is 27.8. The molecule has 0 bridgehead atoms. The highest BCUT2D eigenvalue weighted by atomic mass is 19.1. The average Bonchev–Trinajstić information content (AvgIpc) is 3.09. The standard InChI is InChI=1S/C26H22FNO5/c1-15-6-4-5-7-20(15)28-23(16-8-10-17(27)11-9-16)22(25(30)26(28)31)24(29)19-13-12-18(32-2)14-21(19)33-3/h4-14,23,29H,1-3H3/b24-22-. The lowest BCUT2D eigenvalue weighted by Gasteiger charge is -2.27. The van der Waals surface area contributed by atoms with Gasteiger partial charge in [0.2, 0.25) is 0 Å². The van der Waals surface area contributed by atoms with Crippen LogP contribution in [0.3, 0.4) is 0 Å². The monoisotopic (exact) mass is 447 g/mol. The Morgan fingerprint density at radius 1 is 0.970 bits per heavy atom. The molecule has 6 nitrogen and oxygen atoms in total. The predicted molar refractivity (Wildman–Crippen MR) is 122 cm³/mol. The van der Waals surface area contributed by atoms with Crippen LogP contribution in [0.2, 0.25) is 0 Å². The molecule has 3 aromatic carbocycles. The van der Waals surface area contributed by atoms with E-state index in [9.17, 15) is 19.1 Å². The molecule has 0 aliphatic carbocycles. The largest absolute Gasteiger partial charge is 0.507 e. The molecule has 1 unspecified atom stereocenters. The smallest absolute Gasteiger partial charge is 0.300 e. The number of benzene rings is 3. The minimum atomic E-state index is -0.960. The van der Waals surface area contributed by atoms with Crippen molar-refractivity contribution < 1.29 is 28.6 Å². The number of methoxy groups -OCH3 is 2. The van der Waals surface area contributed by atoms with E-state index < -0.39 is 29.3 Å². The van der Waals surface area contributed by atoms with Gasteiger partial charge in [0.05, 0.1) is 31.4 Å². The molecule has 168 valence electrons. The van der Waals surface area contributed by atoms with E-state index in [4.69, 9.17) is 9.47 Å². The summed E-state index contributed by atoms with van der Waals surface area (Å²) in [5, 5.41) is 11.3. The van der Waals surface area contributed by atoms with Gasteiger partial charge in [0.1, 0.15) is 23.1 Å². The topological polar surface area (TPSA) is 76.1 Å². The van der Waals surface area contributed by atoms with Crippen LogP contribution in [0.15, 0.2) is 72.3 Å². The highest BCUT2D eigenvalue weighted by Gasteiger charge is 2.47. The molecule has 33 heavy (non-hydrogen) atoms. The number of aliphatic hydroxyl groups is 1. The number of Topliss-reactive ketones (excluding diaryl/α,β-unsaturated/α-hetero) is 1. The first-order valence-corrected chi connectivity index (χ1v) is 10.2. The van der Waals surface area contributed by atoms with Crippen LogP contribution in [0.4, 0.5) is 10.1 Å². The number of nitrogens with zero attached hydrogens (tertiary/aromatic N) is 1. The number of para-hydroxylation sites is 1. The van der Waals surface area contributed by atoms with Crippen molar-refractivity contribution in [3.8, 4) is 11.5 Å². The van der Waals surface area contributed by atoms with Crippen molar-refractivity contribution in [3.05, 3.63) is 94.8 Å². The lowest BCUT2D eigenvalue weighted by Crippen LogP contribution is -2.30. The molecule has 0 spiro atoms. The molecule has 1 atom stereocenters. The summed E-state index contributed by atoms with van der Waals surface area (Å²) >= 11 is 0. The maximum atomic E-state index is 13.7. The maximum absolute atomic E-state index is 13.7. The SMILES string of the molecule is COc1ccc(/C(O)=C2/C(=O)C(=O)N(c3ccccc3C)C2c2ccc(F)cc2)c(OC)c1. The second-order valence-electron chi connectivity index (χ2n) is 7.57. The fourth-order valence-corrected chi connectivity index (χ4v) is 4.01. The van der Waals surface area contributed by atoms with Gasteiger partial charge >= 0.3 is 0 Å². The number of hydrogen-bond acceptors (Lipinski definition) is 5. The number of halogens is 1. The molecule has 4 rings (SSSR count). The van der Waals surface area contributed by atoms with Gasteiger partial charge in [-0.2, -0.15) is 0 Å². The Bertz CT molecular complexity index is 1270. The van der Waals surface area contributed by atoms with E-state index in [-0.39, 0.29) is 16.9 Å². The number of aliphatic hydroxyl groups excluding tert-OH is 1. The van der Waals surface area contributed by atoms with Crippen molar-refractivity contribution in [2.45, 2.75) is 13.0 Å². The molecule has 1 aliphatic rings. The number of ether oxygens (including phenoxy) is 2. The highest BCUT2D eigenvalue weighted by molar-refractivity contribution is 6.51. The van der Waals surface area contributed by atoms with Gasteiger partial charge < -0.3 is 14.6 Å². The first-order chi connectivity index (χ1) is 15.9. The van der Waals surface area contributed by atoms with Gasteiger partial charge in [-0.1, -0.05) is 30.3 Å². The summed E-state index contributed by atoms with van der Waals surface area (Å²) in [6.45, 7) is 1.82. The van der Waals surface area contributed by atoms with E-state index in [0.29, 0.717) is 17.0 Å². The molecule has 1 aliphatic heterocycles. The third kappa shape index (κ3) is 3.82. The van der Waals surface area contributed by atoms with E-state index in [1.807, 2.05) is 19.1 Å². The van der Waals surface area contributed by atoms with Gasteiger partial charge in [0, 0.05) is 11.8 Å². The van der Waals surface area contributed by atoms with Gasteiger partial charge in [0.15, 0.2) is 0 Å². The van der Waals surface area contributed by atoms with Crippen LogP contribution in [0.5, 0.6) is 11.5 Å². The van der Waals surface area contributed by atoms with Crippen LogP contribution in [0.25, 0.3) is 5.76 Å². The van der Waals surface area contributed by atoms with Crippen molar-refractivity contribution in [2.24, 2.45) is 0 Å². The fourth-order valence-electron chi connectivity index (χ4n) is 4.01. The second kappa shape index (κ2) is 8.78. The lowest BCUT2D eigenvalue weighted by atomic mass is 9.94. The van der Waals surface area contributed by atoms with E-state index >= 15 is 0 Å². The third-order valence-electron chi connectivity index (χ3n) is 5.67. The first-order valence-electron chi connectivity index (χ1n) is 10.2. The van der Waals surface area contributed by atoms with Crippen LogP contribution in [-0.4, -0.2) is 31.0 Å². The number of amides is 1. The number of carbonyl (C=O) groups is 2. The molecule has 1 saturated heterocycles. The van der Waals surface area contributed by atoms with Gasteiger partial charge in [0.25, 0.3) is 11.7 Å². The molecule has 1 fully saturated rings. The minimum Gasteiger partial charge on any atom is -0.507 e. The van der Waals surface area contributed by atoms with Gasteiger partial charge in [-0.05, 0) is 48.4 Å². The summed E-state index contributed by atoms with van der Waals surface area (Å²) in [6, 6.07) is 16.4. The first kappa shape index (κ1) is 22.1. The number of ketones is 1. The Balaban J connectivity index is 1.98. The third-order valence-corrected chi connectivity index (χ3v) is 5.67. The fraction of sp³-hybridized carbons (Fsp3) is 0.154. The number of carbonyl (C=O) groups excluding carboxylic acids is 2. The second-order valence-corrected chi connectivity index (χ2v) is 7.57. The number of aryl methyl sites for hydroxylation is 1. The lowest BCUT2D eigenvalue weighted by molar-refractivity contribution is -0.132. The molecule has 1 N–H and O–H groups in total. The summed E-state index contributed by atoms with van der Waals surface area (Å²) in [5.41, 5.74) is 1.89. The Morgan fingerprint density at radius 2 is 1.67 bits per heavy atom. The number of anilines is 1. The summed E-state index contributed by atoms with van der Waals surface area (Å²) < 4.78 is 24.3. The van der Waals surface area contributed by atoms with E-state index in [1.54, 1.807) is 30.3 Å². The van der Waals surface area contributed by atoms with Crippen LogP contribution < -0.4 is 14.4 Å². The predicted octanol–water partition coefficient (Wildman–Crippen LogP) is 4.78. The molecule has 1 heterocycles. The molecule has 1 amide bonds. The Morgan fingerprint density at radius 3 is 2.30 bits per heavy atom. The molecular weight excluding hydrogens is 425 g/mol. The molecule has 0 aromatic heterocycles. The van der Waals surface area contributed by atoms with Gasteiger partial charge in [-0.25, -0.2) is 4.39 Å². The Kier molecular flexibility index (Phi) is 5.87. The zero-order chi connectivity index (χ0) is 23.7. The van der Waals surface area contributed by atoms with E-state index in [2.05, 4.69) is 0 Å². The van der Waals surface area contributed by atoms with E-state index in [1.165, 1.54) is 43.4 Å². The minimum absolute atomic E-state index is 0.113. The Hall–Kier alpha value is -4.13.